The van der Waals surface area contributed by atoms with Gasteiger partial charge in [0.15, 0.2) is 0 Å². The lowest BCUT2D eigenvalue weighted by atomic mass is 9.80. The second-order valence-corrected chi connectivity index (χ2v) is 8.59. The minimum absolute atomic E-state index is 0.0195. The highest BCUT2D eigenvalue weighted by molar-refractivity contribution is 6.30. The van der Waals surface area contributed by atoms with Crippen molar-refractivity contribution in [3.63, 3.8) is 0 Å². The van der Waals surface area contributed by atoms with E-state index in [2.05, 4.69) is 11.1 Å². The number of pyridine rings is 1. The molecule has 3 aromatic rings. The molecule has 1 atom stereocenters. The van der Waals surface area contributed by atoms with Crippen LogP contribution >= 0.6 is 23.2 Å². The van der Waals surface area contributed by atoms with Crippen LogP contribution in [-0.4, -0.2) is 10.1 Å². The standard InChI is InChI=1S/C24H20Cl2N2O2/c1-14(2)19(11-27)22-23(29)20-13-30-24(21(20)12-28-22,15-3-7-17(25)8-4-15)16-5-9-18(26)10-6-16/h3-10,12,14,19,29H,13H2,1-2H3. The van der Waals surface area contributed by atoms with Crippen molar-refractivity contribution in [1.82, 2.24) is 4.98 Å². The average molecular weight is 439 g/mol. The van der Waals surface area contributed by atoms with Crippen LogP contribution in [0.1, 0.15) is 47.7 Å². The third kappa shape index (κ3) is 3.24. The summed E-state index contributed by atoms with van der Waals surface area (Å²) in [5.74, 6) is -0.458. The third-order valence-corrected chi connectivity index (χ3v) is 6.10. The smallest absolute Gasteiger partial charge is 0.146 e. The Morgan fingerprint density at radius 3 is 2.03 bits per heavy atom. The molecule has 0 aliphatic carbocycles. The molecule has 2 aromatic carbocycles. The number of benzene rings is 2. The number of nitrogens with zero attached hydrogens (tertiary/aromatic N) is 2. The van der Waals surface area contributed by atoms with Gasteiger partial charge in [-0.2, -0.15) is 5.26 Å². The molecule has 1 aliphatic rings. The zero-order valence-corrected chi connectivity index (χ0v) is 18.1. The highest BCUT2D eigenvalue weighted by atomic mass is 35.5. The second kappa shape index (κ2) is 7.92. The Hall–Kier alpha value is -2.58. The highest BCUT2D eigenvalue weighted by Crippen LogP contribution is 2.50. The van der Waals surface area contributed by atoms with Crippen molar-refractivity contribution in [3.8, 4) is 11.8 Å². The van der Waals surface area contributed by atoms with Crippen LogP contribution in [0.3, 0.4) is 0 Å². The van der Waals surface area contributed by atoms with Crippen LogP contribution in [0.4, 0.5) is 0 Å². The first-order chi connectivity index (χ1) is 14.4. The molecule has 0 saturated carbocycles. The Bertz CT molecular complexity index is 1070. The van der Waals surface area contributed by atoms with E-state index >= 15 is 0 Å². The van der Waals surface area contributed by atoms with Gasteiger partial charge in [-0.3, -0.25) is 4.98 Å². The highest BCUT2D eigenvalue weighted by Gasteiger charge is 2.46. The Kier molecular flexibility index (Phi) is 5.46. The Labute approximate surface area is 185 Å². The molecule has 1 aliphatic heterocycles. The number of fused-ring (bicyclic) bond motifs is 1. The number of halogens is 2. The first kappa shape index (κ1) is 20.7. The molecule has 30 heavy (non-hydrogen) atoms. The summed E-state index contributed by atoms with van der Waals surface area (Å²) in [5, 5.41) is 21.9. The van der Waals surface area contributed by atoms with Gasteiger partial charge in [0.2, 0.25) is 0 Å². The number of aromatic nitrogens is 1. The van der Waals surface area contributed by atoms with Crippen molar-refractivity contribution >= 4 is 23.2 Å². The van der Waals surface area contributed by atoms with Crippen LogP contribution in [0.2, 0.25) is 10.0 Å². The van der Waals surface area contributed by atoms with Crippen molar-refractivity contribution in [1.29, 1.82) is 5.26 Å². The largest absolute Gasteiger partial charge is 0.506 e. The van der Waals surface area contributed by atoms with E-state index < -0.39 is 11.5 Å². The van der Waals surface area contributed by atoms with Crippen LogP contribution in [0.15, 0.2) is 54.7 Å². The van der Waals surface area contributed by atoms with Crippen LogP contribution < -0.4 is 0 Å². The predicted octanol–water partition coefficient (Wildman–Crippen LogP) is 6.18. The first-order valence-corrected chi connectivity index (χ1v) is 10.4. The van der Waals surface area contributed by atoms with Gasteiger partial charge in [-0.15, -0.1) is 0 Å². The predicted molar refractivity (Wildman–Crippen MR) is 117 cm³/mol. The molecule has 1 unspecified atom stereocenters. The van der Waals surface area contributed by atoms with Gasteiger partial charge in [0.05, 0.1) is 24.3 Å². The number of ether oxygens (including phenoxy) is 1. The average Bonchev–Trinajstić information content (AvgIpc) is 3.12. The summed E-state index contributed by atoms with van der Waals surface area (Å²) in [5.41, 5.74) is 2.54. The number of rotatable bonds is 4. The Morgan fingerprint density at radius 1 is 1.03 bits per heavy atom. The lowest BCUT2D eigenvalue weighted by Gasteiger charge is -2.31. The quantitative estimate of drug-likeness (QED) is 0.527. The molecule has 0 bridgehead atoms. The lowest BCUT2D eigenvalue weighted by molar-refractivity contribution is 0.0263. The van der Waals surface area contributed by atoms with E-state index in [1.807, 2.05) is 62.4 Å². The molecule has 0 saturated heterocycles. The maximum atomic E-state index is 11.0. The summed E-state index contributed by atoms with van der Waals surface area (Å²) in [4.78, 5) is 4.52. The van der Waals surface area contributed by atoms with Crippen molar-refractivity contribution in [2.24, 2.45) is 5.92 Å². The van der Waals surface area contributed by atoms with E-state index in [4.69, 9.17) is 27.9 Å². The normalized spacial score (nSPS) is 15.6. The summed E-state index contributed by atoms with van der Waals surface area (Å²) < 4.78 is 6.40. The van der Waals surface area contributed by atoms with Crippen molar-refractivity contribution in [3.05, 3.63) is 92.7 Å². The molecule has 1 N–H and O–H groups in total. The summed E-state index contributed by atoms with van der Waals surface area (Å²) >= 11 is 12.2. The molecule has 4 rings (SSSR count). The summed E-state index contributed by atoms with van der Waals surface area (Å²) in [6.45, 7) is 4.06. The summed E-state index contributed by atoms with van der Waals surface area (Å²) in [7, 11) is 0. The van der Waals surface area contributed by atoms with E-state index in [0.717, 1.165) is 16.7 Å². The van der Waals surface area contributed by atoms with Gasteiger partial charge in [-0.1, -0.05) is 61.3 Å². The molecule has 152 valence electrons. The zero-order valence-electron chi connectivity index (χ0n) is 16.6. The number of hydrogen-bond donors (Lipinski definition) is 1. The molecule has 2 heterocycles. The van der Waals surface area contributed by atoms with Crippen LogP contribution in [0.25, 0.3) is 0 Å². The molecule has 0 amide bonds. The molecule has 4 nitrogen and oxygen atoms in total. The minimum Gasteiger partial charge on any atom is -0.506 e. The zero-order chi connectivity index (χ0) is 21.5. The molecule has 0 spiro atoms. The van der Waals surface area contributed by atoms with Gasteiger partial charge in [0.1, 0.15) is 11.4 Å². The minimum atomic E-state index is -0.965. The van der Waals surface area contributed by atoms with Gasteiger partial charge in [-0.05, 0) is 41.3 Å². The van der Waals surface area contributed by atoms with E-state index in [0.29, 0.717) is 21.3 Å². The second-order valence-electron chi connectivity index (χ2n) is 7.72. The molecular formula is C24H20Cl2N2O2. The summed E-state index contributed by atoms with van der Waals surface area (Å²) in [6.07, 6.45) is 1.72. The van der Waals surface area contributed by atoms with Crippen molar-refractivity contribution < 1.29 is 9.84 Å². The van der Waals surface area contributed by atoms with Crippen LogP contribution in [-0.2, 0) is 16.9 Å². The summed E-state index contributed by atoms with van der Waals surface area (Å²) in [6, 6.07) is 17.1. The number of hydrogen-bond acceptors (Lipinski definition) is 4. The molecule has 1 aromatic heterocycles. The maximum absolute atomic E-state index is 11.0. The fraction of sp³-hybridized carbons (Fsp3) is 0.250. The fourth-order valence-corrected chi connectivity index (χ4v) is 4.28. The van der Waals surface area contributed by atoms with Crippen LogP contribution in [0, 0.1) is 17.2 Å². The number of aromatic hydroxyl groups is 1. The van der Waals surface area contributed by atoms with E-state index in [-0.39, 0.29) is 18.3 Å². The van der Waals surface area contributed by atoms with Gasteiger partial charge in [0.25, 0.3) is 0 Å². The van der Waals surface area contributed by atoms with Gasteiger partial charge >= 0.3 is 0 Å². The fourth-order valence-electron chi connectivity index (χ4n) is 4.03. The maximum Gasteiger partial charge on any atom is 0.146 e. The Morgan fingerprint density at radius 2 is 1.57 bits per heavy atom. The molecule has 0 fully saturated rings. The third-order valence-electron chi connectivity index (χ3n) is 5.60. The van der Waals surface area contributed by atoms with E-state index in [9.17, 15) is 10.4 Å². The SMILES string of the molecule is CC(C)C(C#N)c1ncc2c(c1O)COC2(c1ccc(Cl)cc1)c1ccc(Cl)cc1. The van der Waals surface area contributed by atoms with Crippen molar-refractivity contribution in [2.75, 3.05) is 0 Å². The van der Waals surface area contributed by atoms with Crippen molar-refractivity contribution in [2.45, 2.75) is 32.0 Å². The number of nitriles is 1. The monoisotopic (exact) mass is 438 g/mol. The van der Waals surface area contributed by atoms with Gasteiger partial charge in [-0.25, -0.2) is 0 Å². The lowest BCUT2D eigenvalue weighted by Crippen LogP contribution is -2.28. The first-order valence-electron chi connectivity index (χ1n) is 9.65. The van der Waals surface area contributed by atoms with E-state index in [1.165, 1.54) is 0 Å². The topological polar surface area (TPSA) is 66.1 Å². The molecular weight excluding hydrogens is 419 g/mol. The molecule has 6 heteroatoms. The van der Waals surface area contributed by atoms with E-state index in [1.54, 1.807) is 6.20 Å². The van der Waals surface area contributed by atoms with Gasteiger partial charge < -0.3 is 9.84 Å². The molecule has 0 radical (unpaired) electrons. The van der Waals surface area contributed by atoms with Gasteiger partial charge in [0, 0.05) is 27.4 Å². The van der Waals surface area contributed by atoms with Crippen LogP contribution in [0.5, 0.6) is 5.75 Å². The Balaban J connectivity index is 1.95.